The summed E-state index contributed by atoms with van der Waals surface area (Å²) in [6.07, 6.45) is 2.19. The van der Waals surface area contributed by atoms with Gasteiger partial charge < -0.3 is 15.0 Å². The van der Waals surface area contributed by atoms with Gasteiger partial charge in [-0.3, -0.25) is 0 Å². The molecule has 1 saturated heterocycles. The first-order valence-electron chi connectivity index (χ1n) is 9.08. The fourth-order valence-electron chi connectivity index (χ4n) is 4.45. The van der Waals surface area contributed by atoms with E-state index in [1.807, 2.05) is 18.2 Å². The molecule has 1 fully saturated rings. The van der Waals surface area contributed by atoms with Crippen LogP contribution in [0.4, 0.5) is 5.13 Å². The van der Waals surface area contributed by atoms with E-state index in [1.54, 1.807) is 11.3 Å². The van der Waals surface area contributed by atoms with Crippen LogP contribution in [0, 0.1) is 0 Å². The molecule has 140 valence electrons. The first-order chi connectivity index (χ1) is 12.1. The highest BCUT2D eigenvalue weighted by molar-refractivity contribution is 7.19. The molecule has 0 atom stereocenters. The van der Waals surface area contributed by atoms with Crippen LogP contribution in [0.15, 0.2) is 18.2 Å². The molecule has 4 nitrogen and oxygen atoms in total. The summed E-state index contributed by atoms with van der Waals surface area (Å²) in [6, 6.07) is 6.30. The highest BCUT2D eigenvalue weighted by atomic mass is 35.5. The minimum absolute atomic E-state index is 0.115. The van der Waals surface area contributed by atoms with Crippen molar-refractivity contribution < 1.29 is 4.74 Å². The number of anilines is 1. The van der Waals surface area contributed by atoms with E-state index in [0.717, 1.165) is 35.0 Å². The van der Waals surface area contributed by atoms with Gasteiger partial charge in [-0.2, -0.15) is 0 Å². The Hall–Kier alpha value is -1.30. The highest BCUT2D eigenvalue weighted by Gasteiger charge is 2.40. The van der Waals surface area contributed by atoms with Gasteiger partial charge >= 0.3 is 0 Å². The average Bonchev–Trinajstić information content (AvgIpc) is 2.95. The number of rotatable bonds is 2. The van der Waals surface area contributed by atoms with Crippen LogP contribution in [-0.2, 0) is 6.61 Å². The summed E-state index contributed by atoms with van der Waals surface area (Å²) in [5, 5.41) is 5.53. The van der Waals surface area contributed by atoms with Gasteiger partial charge in [0.05, 0.1) is 10.6 Å². The number of nitrogens with one attached hydrogen (secondary N) is 1. The monoisotopic (exact) mass is 391 g/mol. The molecular weight excluding hydrogens is 366 g/mol. The normalized spacial score (nSPS) is 20.8. The standard InChI is InChI=1S/C20H26ClN3OS/c1-19(2)9-13(10-20(3,4)23-19)24(5)18-22-15-11-25-16-8-12(21)6-7-14(16)17(15)26-18/h6-8,13,23H,9-11H2,1-5H3. The van der Waals surface area contributed by atoms with E-state index in [2.05, 4.69) is 45.0 Å². The van der Waals surface area contributed by atoms with E-state index in [9.17, 15) is 0 Å². The molecule has 1 N–H and O–H groups in total. The molecule has 0 spiro atoms. The summed E-state index contributed by atoms with van der Waals surface area (Å²) in [7, 11) is 2.18. The van der Waals surface area contributed by atoms with Gasteiger partial charge in [-0.1, -0.05) is 22.9 Å². The summed E-state index contributed by atoms with van der Waals surface area (Å²) in [4.78, 5) is 8.48. The number of ether oxygens (including phenoxy) is 1. The molecule has 2 aliphatic heterocycles. The fourth-order valence-corrected chi connectivity index (χ4v) is 5.74. The minimum Gasteiger partial charge on any atom is -0.487 e. The van der Waals surface area contributed by atoms with Gasteiger partial charge in [0.1, 0.15) is 12.4 Å². The number of aromatic nitrogens is 1. The second-order valence-corrected chi connectivity index (χ2v) is 10.2. The Balaban J connectivity index is 1.65. The largest absolute Gasteiger partial charge is 0.487 e. The minimum atomic E-state index is 0.115. The zero-order valence-corrected chi connectivity index (χ0v) is 17.6. The quantitative estimate of drug-likeness (QED) is 0.772. The number of hydrogen-bond acceptors (Lipinski definition) is 5. The van der Waals surface area contributed by atoms with Crippen molar-refractivity contribution in [2.45, 2.75) is 64.3 Å². The molecule has 0 bridgehead atoms. The lowest BCUT2D eigenvalue weighted by atomic mass is 9.79. The molecule has 2 aliphatic rings. The molecule has 0 aliphatic carbocycles. The van der Waals surface area contributed by atoms with E-state index in [0.29, 0.717) is 17.7 Å². The van der Waals surface area contributed by atoms with Gasteiger partial charge in [0, 0.05) is 34.8 Å². The third-order valence-corrected chi connectivity index (χ3v) is 6.71. The van der Waals surface area contributed by atoms with Crippen LogP contribution in [0.3, 0.4) is 0 Å². The lowest BCUT2D eigenvalue weighted by Gasteiger charge is -2.48. The maximum absolute atomic E-state index is 6.11. The SMILES string of the molecule is CN(c1nc2c(s1)-c1ccc(Cl)cc1OC2)C1CC(C)(C)NC(C)(C)C1. The maximum atomic E-state index is 6.11. The van der Waals surface area contributed by atoms with Gasteiger partial charge in [0.25, 0.3) is 0 Å². The fraction of sp³-hybridized carbons (Fsp3) is 0.550. The van der Waals surface area contributed by atoms with Crippen LogP contribution < -0.4 is 15.0 Å². The third-order valence-electron chi connectivity index (χ3n) is 5.26. The molecule has 4 rings (SSSR count). The molecule has 2 aromatic rings. The second-order valence-electron chi connectivity index (χ2n) is 8.77. The molecule has 3 heterocycles. The van der Waals surface area contributed by atoms with Gasteiger partial charge in [-0.15, -0.1) is 0 Å². The molecular formula is C20H26ClN3OS. The van der Waals surface area contributed by atoms with Gasteiger partial charge in [-0.25, -0.2) is 4.98 Å². The van der Waals surface area contributed by atoms with Crippen LogP contribution in [0.2, 0.25) is 5.02 Å². The first kappa shape index (κ1) is 18.1. The Morgan fingerprint density at radius 2 is 1.92 bits per heavy atom. The first-order valence-corrected chi connectivity index (χ1v) is 10.3. The molecule has 0 unspecified atom stereocenters. The molecule has 26 heavy (non-hydrogen) atoms. The Bertz CT molecular complexity index is 830. The van der Waals surface area contributed by atoms with Crippen molar-refractivity contribution >= 4 is 28.1 Å². The molecule has 1 aromatic carbocycles. The number of hydrogen-bond donors (Lipinski definition) is 1. The predicted octanol–water partition coefficient (Wildman–Crippen LogP) is 5.10. The molecule has 6 heteroatoms. The molecule has 0 saturated carbocycles. The lowest BCUT2D eigenvalue weighted by Crippen LogP contribution is -2.61. The smallest absolute Gasteiger partial charge is 0.186 e. The number of nitrogens with zero attached hydrogens (tertiary/aromatic N) is 2. The number of benzene rings is 1. The summed E-state index contributed by atoms with van der Waals surface area (Å²) in [5.41, 5.74) is 2.35. The highest BCUT2D eigenvalue weighted by Crippen LogP contribution is 2.45. The molecule has 1 aromatic heterocycles. The van der Waals surface area contributed by atoms with Crippen LogP contribution in [-0.4, -0.2) is 29.2 Å². The second kappa shape index (κ2) is 6.11. The van der Waals surface area contributed by atoms with Crippen molar-refractivity contribution in [2.24, 2.45) is 0 Å². The van der Waals surface area contributed by atoms with Crippen LogP contribution in [0.1, 0.15) is 46.2 Å². The molecule has 0 radical (unpaired) electrons. The summed E-state index contributed by atoms with van der Waals surface area (Å²) < 4.78 is 5.87. The van der Waals surface area contributed by atoms with E-state index in [-0.39, 0.29) is 11.1 Å². The van der Waals surface area contributed by atoms with Gasteiger partial charge in [-0.05, 0) is 58.7 Å². The van der Waals surface area contributed by atoms with Crippen LogP contribution in [0.25, 0.3) is 10.4 Å². The maximum Gasteiger partial charge on any atom is 0.186 e. The van der Waals surface area contributed by atoms with Crippen molar-refractivity contribution in [3.05, 3.63) is 28.9 Å². The predicted molar refractivity (Wildman–Crippen MR) is 110 cm³/mol. The van der Waals surface area contributed by atoms with Crippen molar-refractivity contribution in [1.82, 2.24) is 10.3 Å². The van der Waals surface area contributed by atoms with Crippen LogP contribution >= 0.6 is 22.9 Å². The van der Waals surface area contributed by atoms with Gasteiger partial charge in [0.15, 0.2) is 5.13 Å². The van der Waals surface area contributed by atoms with Gasteiger partial charge in [0.2, 0.25) is 0 Å². The Morgan fingerprint density at radius 1 is 1.23 bits per heavy atom. The Kier molecular flexibility index (Phi) is 4.25. The van der Waals surface area contributed by atoms with Crippen LogP contribution in [0.5, 0.6) is 5.75 Å². The number of halogens is 1. The Labute approximate surface area is 164 Å². The summed E-state index contributed by atoms with van der Waals surface area (Å²) >= 11 is 7.87. The number of piperidine rings is 1. The van der Waals surface area contributed by atoms with Crippen molar-refractivity contribution in [3.63, 3.8) is 0 Å². The zero-order chi connectivity index (χ0) is 18.7. The van der Waals surface area contributed by atoms with E-state index >= 15 is 0 Å². The van der Waals surface area contributed by atoms with E-state index in [1.165, 1.54) is 4.88 Å². The summed E-state index contributed by atoms with van der Waals surface area (Å²) in [6.45, 7) is 9.66. The van der Waals surface area contributed by atoms with Crippen molar-refractivity contribution in [3.8, 4) is 16.2 Å². The zero-order valence-electron chi connectivity index (χ0n) is 16.0. The Morgan fingerprint density at radius 3 is 2.62 bits per heavy atom. The average molecular weight is 392 g/mol. The number of fused-ring (bicyclic) bond motifs is 3. The van der Waals surface area contributed by atoms with Crippen molar-refractivity contribution in [2.75, 3.05) is 11.9 Å². The third kappa shape index (κ3) is 3.32. The number of thiazole rings is 1. The summed E-state index contributed by atoms with van der Waals surface area (Å²) in [5.74, 6) is 0.854. The topological polar surface area (TPSA) is 37.4 Å². The van der Waals surface area contributed by atoms with Crippen molar-refractivity contribution in [1.29, 1.82) is 0 Å². The lowest BCUT2D eigenvalue weighted by molar-refractivity contribution is 0.161. The van der Waals surface area contributed by atoms with E-state index < -0.39 is 0 Å². The van der Waals surface area contributed by atoms with E-state index in [4.69, 9.17) is 21.3 Å². The molecule has 0 amide bonds.